The van der Waals surface area contributed by atoms with Crippen LogP contribution in [0.5, 0.6) is 0 Å². The number of sulfonamides is 1. The molecule has 0 saturated carbocycles. The summed E-state index contributed by atoms with van der Waals surface area (Å²) in [5, 5.41) is 2.84. The second kappa shape index (κ2) is 8.80. The molecule has 0 unspecified atom stereocenters. The number of carbonyl (C=O) groups is 1. The third-order valence-electron chi connectivity index (χ3n) is 4.45. The Morgan fingerprint density at radius 2 is 1.72 bits per heavy atom. The predicted molar refractivity (Wildman–Crippen MR) is 120 cm³/mol. The summed E-state index contributed by atoms with van der Waals surface area (Å²) in [7, 11) is -3.80. The summed E-state index contributed by atoms with van der Waals surface area (Å²) in [4.78, 5) is 12.8. The average Bonchev–Trinajstić information content (AvgIpc) is 2.71. The average molecular weight is 473 g/mol. The molecule has 0 radical (unpaired) electrons. The van der Waals surface area contributed by atoms with Gasteiger partial charge in [0.2, 0.25) is 0 Å². The number of carbonyl (C=O) groups excluding carboxylic acids is 1. The van der Waals surface area contributed by atoms with E-state index >= 15 is 0 Å². The van der Waals surface area contributed by atoms with Gasteiger partial charge in [-0.25, -0.2) is 8.42 Å². The molecule has 3 rings (SSSR count). The van der Waals surface area contributed by atoms with E-state index in [1.807, 2.05) is 25.1 Å². The van der Waals surface area contributed by atoms with Crippen molar-refractivity contribution >= 4 is 43.2 Å². The molecule has 0 fully saturated rings. The second-order valence-corrected chi connectivity index (χ2v) is 9.22. The molecule has 1 amide bonds. The van der Waals surface area contributed by atoms with Gasteiger partial charge < -0.3 is 5.32 Å². The largest absolute Gasteiger partial charge is 0.322 e. The minimum absolute atomic E-state index is 0.0726. The van der Waals surface area contributed by atoms with Crippen molar-refractivity contribution in [2.45, 2.75) is 18.7 Å². The fraction of sp³-hybridized carbons (Fsp3) is 0.136. The number of halogens is 1. The highest BCUT2D eigenvalue weighted by Gasteiger charge is 2.24. The van der Waals surface area contributed by atoms with Crippen LogP contribution in [0.4, 0.5) is 11.4 Å². The lowest BCUT2D eigenvalue weighted by atomic mass is 10.1. The molecule has 150 valence electrons. The predicted octanol–water partition coefficient (Wildman–Crippen LogP) is 5.23. The molecule has 0 aliphatic carbocycles. The van der Waals surface area contributed by atoms with Crippen molar-refractivity contribution in [1.82, 2.24) is 0 Å². The number of para-hydroxylation sites is 1. The van der Waals surface area contributed by atoms with Gasteiger partial charge in [0.15, 0.2) is 0 Å². The van der Waals surface area contributed by atoms with Crippen molar-refractivity contribution in [2.75, 3.05) is 16.2 Å². The maximum absolute atomic E-state index is 13.2. The van der Waals surface area contributed by atoms with E-state index in [1.165, 1.54) is 16.4 Å². The fourth-order valence-corrected chi connectivity index (χ4v) is 4.97. The Morgan fingerprint density at radius 1 is 1.00 bits per heavy atom. The molecular weight excluding hydrogens is 452 g/mol. The van der Waals surface area contributed by atoms with Gasteiger partial charge in [-0.05, 0) is 67.9 Å². The van der Waals surface area contributed by atoms with Crippen LogP contribution < -0.4 is 9.62 Å². The first-order chi connectivity index (χ1) is 13.8. The van der Waals surface area contributed by atoms with Crippen LogP contribution in [-0.2, 0) is 10.0 Å². The van der Waals surface area contributed by atoms with E-state index in [4.69, 9.17) is 0 Å². The highest BCUT2D eigenvalue weighted by Crippen LogP contribution is 2.25. The summed E-state index contributed by atoms with van der Waals surface area (Å²) in [6, 6.07) is 20.5. The molecule has 5 nitrogen and oxygen atoms in total. The van der Waals surface area contributed by atoms with E-state index in [0.29, 0.717) is 11.4 Å². The number of benzene rings is 3. The van der Waals surface area contributed by atoms with Crippen LogP contribution in [0, 0.1) is 6.92 Å². The lowest BCUT2D eigenvalue weighted by Gasteiger charge is -2.23. The van der Waals surface area contributed by atoms with Crippen molar-refractivity contribution < 1.29 is 13.2 Å². The summed E-state index contributed by atoms with van der Waals surface area (Å²) in [5.41, 5.74) is 2.43. The number of aryl methyl sites for hydroxylation is 1. The van der Waals surface area contributed by atoms with Crippen LogP contribution in [0.1, 0.15) is 22.8 Å². The molecule has 29 heavy (non-hydrogen) atoms. The molecule has 0 saturated heterocycles. The van der Waals surface area contributed by atoms with Crippen molar-refractivity contribution in [2.24, 2.45) is 0 Å². The molecular formula is C22H21BrN2O3S. The Kier molecular flexibility index (Phi) is 6.39. The first-order valence-corrected chi connectivity index (χ1v) is 11.3. The molecule has 0 atom stereocenters. The van der Waals surface area contributed by atoms with Crippen LogP contribution in [0.2, 0.25) is 0 Å². The van der Waals surface area contributed by atoms with Crippen molar-refractivity contribution in [1.29, 1.82) is 0 Å². The van der Waals surface area contributed by atoms with E-state index in [-0.39, 0.29) is 22.9 Å². The highest BCUT2D eigenvalue weighted by molar-refractivity contribution is 9.10. The Hall–Kier alpha value is -2.64. The summed E-state index contributed by atoms with van der Waals surface area (Å²) < 4.78 is 28.6. The van der Waals surface area contributed by atoms with Gasteiger partial charge >= 0.3 is 0 Å². The second-order valence-electron chi connectivity index (χ2n) is 6.45. The van der Waals surface area contributed by atoms with Crippen molar-refractivity contribution in [3.63, 3.8) is 0 Å². The Balaban J connectivity index is 1.91. The van der Waals surface area contributed by atoms with Crippen LogP contribution in [0.25, 0.3) is 0 Å². The van der Waals surface area contributed by atoms with Crippen molar-refractivity contribution in [3.8, 4) is 0 Å². The maximum atomic E-state index is 13.2. The number of anilines is 2. The molecule has 0 aliphatic heterocycles. The minimum atomic E-state index is -3.80. The molecule has 0 aliphatic rings. The van der Waals surface area contributed by atoms with Crippen LogP contribution in [-0.4, -0.2) is 20.9 Å². The van der Waals surface area contributed by atoms with Crippen molar-refractivity contribution in [3.05, 3.63) is 88.4 Å². The van der Waals surface area contributed by atoms with E-state index in [9.17, 15) is 13.2 Å². The van der Waals surface area contributed by atoms with E-state index in [1.54, 1.807) is 49.4 Å². The molecule has 0 aromatic heterocycles. The number of hydrogen-bond donors (Lipinski definition) is 1. The van der Waals surface area contributed by atoms with E-state index < -0.39 is 10.0 Å². The number of amides is 1. The number of nitrogens with zero attached hydrogens (tertiary/aromatic N) is 1. The smallest absolute Gasteiger partial charge is 0.264 e. The van der Waals surface area contributed by atoms with Gasteiger partial charge in [0, 0.05) is 22.3 Å². The van der Waals surface area contributed by atoms with Crippen LogP contribution >= 0.6 is 15.9 Å². The topological polar surface area (TPSA) is 66.5 Å². The van der Waals surface area contributed by atoms with Gasteiger partial charge in [0.1, 0.15) is 0 Å². The third-order valence-corrected chi connectivity index (χ3v) is 6.84. The van der Waals surface area contributed by atoms with Crippen LogP contribution in [0.3, 0.4) is 0 Å². The Bertz CT molecular complexity index is 1130. The van der Waals surface area contributed by atoms with E-state index in [0.717, 1.165) is 10.0 Å². The number of nitrogens with one attached hydrogen (secondary N) is 1. The maximum Gasteiger partial charge on any atom is 0.264 e. The molecule has 1 N–H and O–H groups in total. The Labute approximate surface area is 179 Å². The summed E-state index contributed by atoms with van der Waals surface area (Å²) in [6.45, 7) is 3.94. The SMILES string of the molecule is CCN(c1ccccc1)S(=O)(=O)c1cccc(C(=O)Nc2ccc(Br)cc2C)c1. The summed E-state index contributed by atoms with van der Waals surface area (Å²) >= 11 is 3.39. The van der Waals surface area contributed by atoms with E-state index in [2.05, 4.69) is 21.2 Å². The van der Waals surface area contributed by atoms with Gasteiger partial charge in [-0.1, -0.05) is 40.2 Å². The fourth-order valence-electron chi connectivity index (χ4n) is 2.97. The lowest BCUT2D eigenvalue weighted by Crippen LogP contribution is -2.31. The lowest BCUT2D eigenvalue weighted by molar-refractivity contribution is 0.102. The van der Waals surface area contributed by atoms with Gasteiger partial charge in [-0.15, -0.1) is 0 Å². The van der Waals surface area contributed by atoms with Gasteiger partial charge in [0.05, 0.1) is 10.6 Å². The summed E-state index contributed by atoms with van der Waals surface area (Å²) in [5.74, 6) is -0.366. The molecule has 3 aromatic rings. The third kappa shape index (κ3) is 4.68. The normalized spacial score (nSPS) is 11.1. The monoisotopic (exact) mass is 472 g/mol. The molecule has 0 bridgehead atoms. The van der Waals surface area contributed by atoms with Crippen LogP contribution in [0.15, 0.2) is 82.2 Å². The molecule has 0 heterocycles. The zero-order valence-electron chi connectivity index (χ0n) is 16.1. The standard InChI is InChI=1S/C22H21BrN2O3S/c1-3-25(19-9-5-4-6-10-19)29(27,28)20-11-7-8-17(15-20)22(26)24-21-13-12-18(23)14-16(21)2/h4-15H,3H2,1-2H3,(H,24,26). The first-order valence-electron chi connectivity index (χ1n) is 9.08. The van der Waals surface area contributed by atoms with Gasteiger partial charge in [-0.3, -0.25) is 9.10 Å². The number of rotatable bonds is 6. The zero-order valence-corrected chi connectivity index (χ0v) is 18.5. The highest BCUT2D eigenvalue weighted by atomic mass is 79.9. The van der Waals surface area contributed by atoms with Gasteiger partial charge in [0.25, 0.3) is 15.9 Å². The van der Waals surface area contributed by atoms with Gasteiger partial charge in [-0.2, -0.15) is 0 Å². The molecule has 0 spiro atoms. The molecule has 3 aromatic carbocycles. The Morgan fingerprint density at radius 3 is 2.38 bits per heavy atom. The minimum Gasteiger partial charge on any atom is -0.322 e. The quantitative estimate of drug-likeness (QED) is 0.534. The number of hydrogen-bond acceptors (Lipinski definition) is 3. The zero-order chi connectivity index (χ0) is 21.0. The first kappa shape index (κ1) is 21.1. The summed E-state index contributed by atoms with van der Waals surface area (Å²) in [6.07, 6.45) is 0. The molecule has 7 heteroatoms.